The van der Waals surface area contributed by atoms with Crippen LogP contribution in [-0.2, 0) is 12.8 Å². The molecule has 5 heteroatoms. The van der Waals surface area contributed by atoms with Crippen molar-refractivity contribution in [1.29, 1.82) is 0 Å². The zero-order valence-electron chi connectivity index (χ0n) is 17.9. The summed E-state index contributed by atoms with van der Waals surface area (Å²) in [6, 6.07) is 17.5. The molecule has 1 N–H and O–H groups in total. The third kappa shape index (κ3) is 5.23. The summed E-state index contributed by atoms with van der Waals surface area (Å²) in [6.07, 6.45) is 8.54. The Labute approximate surface area is 188 Å². The van der Waals surface area contributed by atoms with Crippen molar-refractivity contribution in [2.24, 2.45) is 4.99 Å². The first kappa shape index (κ1) is 21.3. The fourth-order valence-electron chi connectivity index (χ4n) is 3.95. The molecule has 4 nitrogen and oxygen atoms in total. The van der Waals surface area contributed by atoms with Crippen molar-refractivity contribution < 1.29 is 9.53 Å². The minimum absolute atomic E-state index is 0.0745. The Morgan fingerprint density at radius 3 is 2.58 bits per heavy atom. The number of carbonyl (C=O) groups excluding carboxylic acids is 1. The predicted octanol–water partition coefficient (Wildman–Crippen LogP) is 6.81. The molecule has 1 amide bonds. The fourth-order valence-corrected chi connectivity index (χ4v) is 5.18. The lowest BCUT2D eigenvalue weighted by molar-refractivity contribution is 0.102. The van der Waals surface area contributed by atoms with E-state index in [-0.39, 0.29) is 5.91 Å². The summed E-state index contributed by atoms with van der Waals surface area (Å²) < 4.78 is 5.73. The molecule has 1 aliphatic carbocycles. The van der Waals surface area contributed by atoms with Crippen molar-refractivity contribution in [1.82, 2.24) is 0 Å². The highest BCUT2D eigenvalue weighted by atomic mass is 32.1. The van der Waals surface area contributed by atoms with E-state index in [9.17, 15) is 4.79 Å². The van der Waals surface area contributed by atoms with Crippen LogP contribution in [0.25, 0.3) is 0 Å². The number of hydrogen-bond donors (Lipinski definition) is 1. The summed E-state index contributed by atoms with van der Waals surface area (Å²) >= 11 is 1.66. The number of thiophene rings is 1. The average Bonchev–Trinajstić information content (AvgIpc) is 3.10. The van der Waals surface area contributed by atoms with E-state index in [2.05, 4.69) is 5.32 Å². The standard InChI is InChI=1S/C26H28N2O2S/c1-2-30-22-16-11-10-12-19(22)18-27-26-24(25(29)28-20-13-6-5-7-14-20)21-15-8-3-4-9-17-23(21)31-26/h5-7,10-14,16,18H,2-4,8-9,15,17H2,1H3,(H,28,29). The molecule has 0 unspecified atom stereocenters. The molecule has 31 heavy (non-hydrogen) atoms. The Kier molecular flexibility index (Phi) is 7.15. The molecule has 1 aromatic heterocycles. The van der Waals surface area contributed by atoms with Crippen molar-refractivity contribution in [3.63, 3.8) is 0 Å². The van der Waals surface area contributed by atoms with Gasteiger partial charge in [-0.1, -0.05) is 43.2 Å². The number of anilines is 1. The van der Waals surface area contributed by atoms with E-state index < -0.39 is 0 Å². The highest BCUT2D eigenvalue weighted by Gasteiger charge is 2.24. The van der Waals surface area contributed by atoms with Gasteiger partial charge in [0.2, 0.25) is 0 Å². The van der Waals surface area contributed by atoms with Gasteiger partial charge in [-0.25, -0.2) is 4.99 Å². The van der Waals surface area contributed by atoms with Crippen LogP contribution in [0.3, 0.4) is 0 Å². The molecular formula is C26H28N2O2S. The second kappa shape index (κ2) is 10.4. The first-order valence-electron chi connectivity index (χ1n) is 11.0. The lowest BCUT2D eigenvalue weighted by atomic mass is 9.96. The fraction of sp³-hybridized carbons (Fsp3) is 0.308. The van der Waals surface area contributed by atoms with E-state index in [0.29, 0.717) is 6.61 Å². The van der Waals surface area contributed by atoms with E-state index in [1.54, 1.807) is 11.3 Å². The summed E-state index contributed by atoms with van der Waals surface area (Å²) in [6.45, 7) is 2.57. The zero-order chi connectivity index (χ0) is 21.5. The molecule has 0 fully saturated rings. The quantitative estimate of drug-likeness (QED) is 0.435. The number of amides is 1. The van der Waals surface area contributed by atoms with Gasteiger partial charge in [0.25, 0.3) is 5.91 Å². The van der Waals surface area contributed by atoms with E-state index in [1.807, 2.05) is 67.7 Å². The summed E-state index contributed by atoms with van der Waals surface area (Å²) in [5.41, 5.74) is 3.63. The predicted molar refractivity (Wildman–Crippen MR) is 129 cm³/mol. The maximum atomic E-state index is 13.3. The summed E-state index contributed by atoms with van der Waals surface area (Å²) in [5, 5.41) is 3.85. The maximum absolute atomic E-state index is 13.3. The number of hydrogen-bond acceptors (Lipinski definition) is 4. The van der Waals surface area contributed by atoms with Gasteiger partial charge in [0.05, 0.1) is 12.2 Å². The van der Waals surface area contributed by atoms with Crippen molar-refractivity contribution >= 4 is 34.1 Å². The normalized spacial score (nSPS) is 14.0. The zero-order valence-corrected chi connectivity index (χ0v) is 18.7. The molecule has 0 atom stereocenters. The van der Waals surface area contributed by atoms with Crippen molar-refractivity contribution in [3.8, 4) is 5.75 Å². The van der Waals surface area contributed by atoms with Crippen LogP contribution in [0.5, 0.6) is 5.75 Å². The van der Waals surface area contributed by atoms with Gasteiger partial charge in [0.15, 0.2) is 0 Å². The first-order chi connectivity index (χ1) is 15.3. The van der Waals surface area contributed by atoms with Crippen LogP contribution in [0, 0.1) is 0 Å². The van der Waals surface area contributed by atoms with Gasteiger partial charge in [-0.2, -0.15) is 0 Å². The largest absolute Gasteiger partial charge is 0.493 e. The molecule has 4 rings (SSSR count). The maximum Gasteiger partial charge on any atom is 0.259 e. The molecule has 2 aromatic carbocycles. The molecule has 0 aliphatic heterocycles. The molecule has 0 saturated carbocycles. The van der Waals surface area contributed by atoms with Gasteiger partial charge in [-0.15, -0.1) is 11.3 Å². The van der Waals surface area contributed by atoms with Crippen LogP contribution in [-0.4, -0.2) is 18.7 Å². The molecule has 0 radical (unpaired) electrons. The van der Waals surface area contributed by atoms with Gasteiger partial charge < -0.3 is 10.1 Å². The number of nitrogens with zero attached hydrogens (tertiary/aromatic N) is 1. The number of para-hydroxylation sites is 2. The third-order valence-corrected chi connectivity index (χ3v) is 6.65. The number of ether oxygens (including phenoxy) is 1. The molecule has 0 bridgehead atoms. The van der Waals surface area contributed by atoms with Crippen molar-refractivity contribution in [2.45, 2.75) is 45.4 Å². The van der Waals surface area contributed by atoms with E-state index in [4.69, 9.17) is 9.73 Å². The Balaban J connectivity index is 1.71. The molecule has 3 aromatic rings. The Morgan fingerprint density at radius 2 is 1.77 bits per heavy atom. The molecule has 1 heterocycles. The van der Waals surface area contributed by atoms with Crippen LogP contribution in [0.2, 0.25) is 0 Å². The highest BCUT2D eigenvalue weighted by Crippen LogP contribution is 2.39. The minimum Gasteiger partial charge on any atom is -0.493 e. The van der Waals surface area contributed by atoms with Crippen LogP contribution in [0.4, 0.5) is 10.7 Å². The van der Waals surface area contributed by atoms with Gasteiger partial charge in [0.1, 0.15) is 10.8 Å². The van der Waals surface area contributed by atoms with Gasteiger partial charge in [-0.05, 0) is 62.4 Å². The number of aryl methyl sites for hydroxylation is 1. The molecule has 0 saturated heterocycles. The van der Waals surface area contributed by atoms with Crippen molar-refractivity contribution in [3.05, 3.63) is 76.2 Å². The SMILES string of the molecule is CCOc1ccccc1C=Nc1sc2c(c1C(=O)Nc1ccccc1)CCCCCC2. The number of carbonyl (C=O) groups is 1. The number of fused-ring (bicyclic) bond motifs is 1. The second-order valence-electron chi connectivity index (χ2n) is 7.65. The average molecular weight is 433 g/mol. The number of nitrogens with one attached hydrogen (secondary N) is 1. The van der Waals surface area contributed by atoms with Crippen LogP contribution in [0.1, 0.15) is 59.0 Å². The lowest BCUT2D eigenvalue weighted by Crippen LogP contribution is -2.14. The summed E-state index contributed by atoms with van der Waals surface area (Å²) in [4.78, 5) is 19.5. The Bertz CT molecular complexity index is 1060. The third-order valence-electron chi connectivity index (χ3n) is 5.45. The highest BCUT2D eigenvalue weighted by molar-refractivity contribution is 7.16. The van der Waals surface area contributed by atoms with Crippen LogP contribution in [0.15, 0.2) is 59.6 Å². The number of rotatable bonds is 6. The van der Waals surface area contributed by atoms with Gasteiger partial charge in [0, 0.05) is 22.3 Å². The monoisotopic (exact) mass is 432 g/mol. The second-order valence-corrected chi connectivity index (χ2v) is 8.73. The van der Waals surface area contributed by atoms with Gasteiger partial charge in [-0.3, -0.25) is 4.79 Å². The molecule has 0 spiro atoms. The smallest absolute Gasteiger partial charge is 0.259 e. The Hall–Kier alpha value is -2.92. The summed E-state index contributed by atoms with van der Waals surface area (Å²) in [7, 11) is 0. The number of aliphatic imine (C=N–C) groups is 1. The molecular weight excluding hydrogens is 404 g/mol. The van der Waals surface area contributed by atoms with Crippen LogP contribution < -0.4 is 10.1 Å². The lowest BCUT2D eigenvalue weighted by Gasteiger charge is -2.12. The van der Waals surface area contributed by atoms with Gasteiger partial charge >= 0.3 is 0 Å². The van der Waals surface area contributed by atoms with E-state index in [1.165, 1.54) is 29.7 Å². The number of benzene rings is 2. The van der Waals surface area contributed by atoms with Crippen LogP contribution >= 0.6 is 11.3 Å². The first-order valence-corrected chi connectivity index (χ1v) is 11.8. The topological polar surface area (TPSA) is 50.7 Å². The summed E-state index contributed by atoms with van der Waals surface area (Å²) in [5.74, 6) is 0.730. The van der Waals surface area contributed by atoms with Crippen molar-refractivity contribution in [2.75, 3.05) is 11.9 Å². The molecule has 160 valence electrons. The van der Waals surface area contributed by atoms with E-state index in [0.717, 1.165) is 46.8 Å². The minimum atomic E-state index is -0.0745. The Morgan fingerprint density at radius 1 is 1.03 bits per heavy atom. The molecule has 1 aliphatic rings. The van der Waals surface area contributed by atoms with E-state index >= 15 is 0 Å².